The Labute approximate surface area is 171 Å². The number of aryl methyl sites for hydroxylation is 1. The lowest BCUT2D eigenvalue weighted by Gasteiger charge is -2.15. The van der Waals surface area contributed by atoms with Crippen molar-refractivity contribution < 1.29 is 14.4 Å². The minimum absolute atomic E-state index is 0.0474. The van der Waals surface area contributed by atoms with E-state index in [1.165, 1.54) is 10.5 Å². The molecule has 2 aromatic rings. The van der Waals surface area contributed by atoms with Crippen molar-refractivity contribution in [1.82, 2.24) is 15.5 Å². The van der Waals surface area contributed by atoms with E-state index < -0.39 is 12.1 Å². The second kappa shape index (κ2) is 9.87. The lowest BCUT2D eigenvalue weighted by Crippen LogP contribution is -2.35. The molecule has 1 aliphatic rings. The van der Waals surface area contributed by atoms with Crippen LogP contribution < -0.4 is 10.6 Å². The molecule has 152 valence electrons. The average Bonchev–Trinajstić information content (AvgIpc) is 3.00. The fourth-order valence-electron chi connectivity index (χ4n) is 3.41. The molecule has 6 nitrogen and oxygen atoms in total. The summed E-state index contributed by atoms with van der Waals surface area (Å²) in [6.45, 7) is 2.22. The first-order valence-electron chi connectivity index (χ1n) is 10.0. The third-order valence-corrected chi connectivity index (χ3v) is 5.07. The first-order valence-corrected chi connectivity index (χ1v) is 10.0. The summed E-state index contributed by atoms with van der Waals surface area (Å²) < 4.78 is 0. The summed E-state index contributed by atoms with van der Waals surface area (Å²) in [6.07, 6.45) is 2.24. The molecule has 2 aromatic carbocycles. The molecule has 1 fully saturated rings. The second-order valence-corrected chi connectivity index (χ2v) is 7.44. The molecule has 0 bridgehead atoms. The van der Waals surface area contributed by atoms with Gasteiger partial charge in [0.1, 0.15) is 6.04 Å². The number of amides is 4. The Kier molecular flexibility index (Phi) is 7.00. The molecule has 1 saturated heterocycles. The van der Waals surface area contributed by atoms with Gasteiger partial charge in [-0.05, 0) is 37.3 Å². The second-order valence-electron chi connectivity index (χ2n) is 7.44. The van der Waals surface area contributed by atoms with Crippen molar-refractivity contribution in [2.45, 2.75) is 51.2 Å². The predicted molar refractivity (Wildman–Crippen MR) is 111 cm³/mol. The van der Waals surface area contributed by atoms with E-state index in [1.807, 2.05) is 55.5 Å². The Morgan fingerprint density at radius 2 is 1.66 bits per heavy atom. The molecule has 3 rings (SSSR count). The van der Waals surface area contributed by atoms with Crippen LogP contribution in [0.2, 0.25) is 0 Å². The average molecular weight is 393 g/mol. The van der Waals surface area contributed by atoms with E-state index in [2.05, 4.69) is 22.8 Å². The summed E-state index contributed by atoms with van der Waals surface area (Å²) in [7, 11) is 0. The summed E-state index contributed by atoms with van der Waals surface area (Å²) in [4.78, 5) is 38.1. The van der Waals surface area contributed by atoms with Gasteiger partial charge in [-0.15, -0.1) is 0 Å². The maximum Gasteiger partial charge on any atom is 0.325 e. The molecular formula is C23H27N3O3. The molecule has 1 heterocycles. The minimum Gasteiger partial charge on any atom is -0.354 e. The van der Waals surface area contributed by atoms with E-state index in [-0.39, 0.29) is 30.8 Å². The molecule has 0 aliphatic carbocycles. The number of benzene rings is 2. The molecule has 1 aliphatic heterocycles. The first kappa shape index (κ1) is 20.6. The van der Waals surface area contributed by atoms with Gasteiger partial charge in [-0.3, -0.25) is 14.5 Å². The molecule has 2 N–H and O–H groups in total. The van der Waals surface area contributed by atoms with Crippen molar-refractivity contribution in [2.24, 2.45) is 0 Å². The highest BCUT2D eigenvalue weighted by atomic mass is 16.2. The molecule has 6 heteroatoms. The first-order chi connectivity index (χ1) is 14.0. The molecule has 0 unspecified atom stereocenters. The number of rotatable bonds is 9. The van der Waals surface area contributed by atoms with Crippen molar-refractivity contribution in [1.29, 1.82) is 0 Å². The zero-order chi connectivity index (χ0) is 20.6. The summed E-state index contributed by atoms with van der Waals surface area (Å²) in [5.74, 6) is -0.377. The largest absolute Gasteiger partial charge is 0.354 e. The normalized spacial score (nSPS) is 17.1. The van der Waals surface area contributed by atoms with E-state index in [9.17, 15) is 14.4 Å². The standard InChI is InChI=1S/C23H27N3O3/c1-17(12-13-18-8-4-2-5-9-18)24-21(27)15-14-20-22(28)26(23(29)25-20)16-19-10-6-3-7-11-19/h2-11,17,20H,12-16H2,1H3,(H,24,27)(H,25,29)/t17-,20+/m1/s1. The van der Waals surface area contributed by atoms with Gasteiger partial charge in [0.05, 0.1) is 6.54 Å². The summed E-state index contributed by atoms with van der Waals surface area (Å²) >= 11 is 0. The molecule has 0 saturated carbocycles. The number of urea groups is 1. The van der Waals surface area contributed by atoms with Crippen LogP contribution in [-0.2, 0) is 22.6 Å². The maximum absolute atomic E-state index is 12.5. The van der Waals surface area contributed by atoms with E-state index in [1.54, 1.807) is 0 Å². The summed E-state index contributed by atoms with van der Waals surface area (Å²) in [6, 6.07) is 18.5. The fourth-order valence-corrected chi connectivity index (χ4v) is 3.41. The van der Waals surface area contributed by atoms with Crippen LogP contribution in [0.3, 0.4) is 0 Å². The highest BCUT2D eigenvalue weighted by Gasteiger charge is 2.37. The third-order valence-electron chi connectivity index (χ3n) is 5.07. The van der Waals surface area contributed by atoms with E-state index in [4.69, 9.17) is 0 Å². The van der Waals surface area contributed by atoms with E-state index >= 15 is 0 Å². The number of carbonyl (C=O) groups excluding carboxylic acids is 3. The highest BCUT2D eigenvalue weighted by Crippen LogP contribution is 2.15. The SMILES string of the molecule is C[C@H](CCc1ccccc1)NC(=O)CC[C@@H]1NC(=O)N(Cc2ccccc2)C1=O. The molecule has 29 heavy (non-hydrogen) atoms. The number of imide groups is 1. The molecule has 4 amide bonds. The van der Waals surface area contributed by atoms with Gasteiger partial charge >= 0.3 is 6.03 Å². The van der Waals surface area contributed by atoms with Gasteiger partial charge in [0, 0.05) is 12.5 Å². The predicted octanol–water partition coefficient (Wildman–Crippen LogP) is 3.02. The lowest BCUT2D eigenvalue weighted by molar-refractivity contribution is -0.128. The third kappa shape index (κ3) is 5.91. The molecule has 0 aromatic heterocycles. The zero-order valence-corrected chi connectivity index (χ0v) is 16.6. The van der Waals surface area contributed by atoms with Crippen molar-refractivity contribution in [3.8, 4) is 0 Å². The van der Waals surface area contributed by atoms with Crippen LogP contribution in [0.15, 0.2) is 60.7 Å². The Bertz CT molecular complexity index is 839. The Morgan fingerprint density at radius 1 is 1.03 bits per heavy atom. The van der Waals surface area contributed by atoms with Crippen LogP contribution in [0.4, 0.5) is 4.79 Å². The molecule has 0 radical (unpaired) electrons. The van der Waals surface area contributed by atoms with E-state index in [0.29, 0.717) is 6.42 Å². The van der Waals surface area contributed by atoms with Gasteiger partial charge in [0.25, 0.3) is 5.91 Å². The molecular weight excluding hydrogens is 366 g/mol. The molecule has 2 atom stereocenters. The minimum atomic E-state index is -0.642. The van der Waals surface area contributed by atoms with Gasteiger partial charge in [-0.1, -0.05) is 60.7 Å². The van der Waals surface area contributed by atoms with Crippen LogP contribution in [0.1, 0.15) is 37.3 Å². The number of nitrogens with one attached hydrogen (secondary N) is 2. The zero-order valence-electron chi connectivity index (χ0n) is 16.6. The number of carbonyl (C=O) groups is 3. The number of nitrogens with zero attached hydrogens (tertiary/aromatic N) is 1. The van der Waals surface area contributed by atoms with Crippen LogP contribution in [0, 0.1) is 0 Å². The topological polar surface area (TPSA) is 78.5 Å². The smallest absolute Gasteiger partial charge is 0.325 e. The summed E-state index contributed by atoms with van der Waals surface area (Å²) in [5.41, 5.74) is 2.13. The Balaban J connectivity index is 1.41. The highest BCUT2D eigenvalue weighted by molar-refractivity contribution is 6.04. The van der Waals surface area contributed by atoms with Crippen molar-refractivity contribution in [2.75, 3.05) is 0 Å². The molecule has 0 spiro atoms. The van der Waals surface area contributed by atoms with Crippen LogP contribution >= 0.6 is 0 Å². The van der Waals surface area contributed by atoms with Crippen molar-refractivity contribution in [3.63, 3.8) is 0 Å². The van der Waals surface area contributed by atoms with Gasteiger partial charge < -0.3 is 10.6 Å². The van der Waals surface area contributed by atoms with Crippen molar-refractivity contribution in [3.05, 3.63) is 71.8 Å². The van der Waals surface area contributed by atoms with E-state index in [0.717, 1.165) is 18.4 Å². The summed E-state index contributed by atoms with van der Waals surface area (Å²) in [5, 5.41) is 5.66. The Morgan fingerprint density at radius 3 is 2.31 bits per heavy atom. The van der Waals surface area contributed by atoms with Gasteiger partial charge in [-0.2, -0.15) is 0 Å². The van der Waals surface area contributed by atoms with Crippen LogP contribution in [-0.4, -0.2) is 34.8 Å². The number of hydrogen-bond donors (Lipinski definition) is 2. The van der Waals surface area contributed by atoms with Crippen LogP contribution in [0.5, 0.6) is 0 Å². The van der Waals surface area contributed by atoms with Gasteiger partial charge in [0.2, 0.25) is 5.91 Å². The monoisotopic (exact) mass is 393 g/mol. The Hall–Kier alpha value is -3.15. The quantitative estimate of drug-likeness (QED) is 0.643. The van der Waals surface area contributed by atoms with Gasteiger partial charge in [-0.25, -0.2) is 4.79 Å². The van der Waals surface area contributed by atoms with Crippen molar-refractivity contribution >= 4 is 17.8 Å². The fraction of sp³-hybridized carbons (Fsp3) is 0.348. The number of hydrogen-bond acceptors (Lipinski definition) is 3. The maximum atomic E-state index is 12.5. The van der Waals surface area contributed by atoms with Gasteiger partial charge in [0.15, 0.2) is 0 Å². The lowest BCUT2D eigenvalue weighted by atomic mass is 10.1. The van der Waals surface area contributed by atoms with Crippen LogP contribution in [0.25, 0.3) is 0 Å².